The fourth-order valence-corrected chi connectivity index (χ4v) is 2.82. The summed E-state index contributed by atoms with van der Waals surface area (Å²) in [6.45, 7) is 1.62. The lowest BCUT2D eigenvalue weighted by Gasteiger charge is -2.16. The number of aromatic hydroxyl groups is 1. The van der Waals surface area contributed by atoms with Gasteiger partial charge in [-0.2, -0.15) is 8.42 Å². The van der Waals surface area contributed by atoms with Crippen molar-refractivity contribution >= 4 is 21.8 Å². The van der Waals surface area contributed by atoms with Crippen LogP contribution in [0.25, 0.3) is 0 Å². The number of phenolic OH excluding ortho intramolecular Hbond substituents is 1. The number of hydrogen-bond acceptors (Lipinski definition) is 4. The van der Waals surface area contributed by atoms with Crippen LogP contribution < -0.4 is 9.03 Å². The molecule has 0 atom stereocenters. The number of nitrogens with zero attached hydrogens (tertiary/aromatic N) is 1. The molecule has 6 nitrogen and oxygen atoms in total. The van der Waals surface area contributed by atoms with E-state index in [0.717, 1.165) is 16.3 Å². The Bertz CT molecular complexity index is 568. The molecule has 1 aliphatic heterocycles. The number of nitrogens with one attached hydrogen (secondary N) is 1. The first-order valence-corrected chi connectivity index (χ1v) is 6.53. The highest BCUT2D eigenvalue weighted by Gasteiger charge is 2.35. The van der Waals surface area contributed by atoms with Crippen LogP contribution in [0.15, 0.2) is 18.2 Å². The topological polar surface area (TPSA) is 86.7 Å². The van der Waals surface area contributed by atoms with Crippen LogP contribution in [0.4, 0.5) is 5.69 Å². The Kier molecular flexibility index (Phi) is 2.70. The normalized spacial score (nSPS) is 18.2. The van der Waals surface area contributed by atoms with Crippen LogP contribution in [0.2, 0.25) is 0 Å². The minimum Gasteiger partial charge on any atom is -0.506 e. The number of aryl methyl sites for hydroxylation is 1. The van der Waals surface area contributed by atoms with Gasteiger partial charge in [0.15, 0.2) is 0 Å². The van der Waals surface area contributed by atoms with E-state index in [4.69, 9.17) is 0 Å². The maximum absolute atomic E-state index is 11.6. The molecule has 7 heteroatoms. The van der Waals surface area contributed by atoms with E-state index in [0.29, 0.717) is 0 Å². The highest BCUT2D eigenvalue weighted by atomic mass is 32.2. The van der Waals surface area contributed by atoms with Crippen molar-refractivity contribution < 1.29 is 18.3 Å². The lowest BCUT2D eigenvalue weighted by Crippen LogP contribution is -2.29. The zero-order chi connectivity index (χ0) is 12.6. The Morgan fingerprint density at radius 2 is 2.18 bits per heavy atom. The first kappa shape index (κ1) is 11.7. The zero-order valence-corrected chi connectivity index (χ0v) is 9.99. The van der Waals surface area contributed by atoms with Crippen molar-refractivity contribution in [1.82, 2.24) is 4.72 Å². The number of carbonyl (C=O) groups is 1. The van der Waals surface area contributed by atoms with Crippen molar-refractivity contribution in [2.75, 3.05) is 10.8 Å². The summed E-state index contributed by atoms with van der Waals surface area (Å²) in [5, 5.41) is 9.76. The molecule has 2 rings (SSSR count). The van der Waals surface area contributed by atoms with Gasteiger partial charge in [0.2, 0.25) is 0 Å². The van der Waals surface area contributed by atoms with Gasteiger partial charge in [-0.05, 0) is 24.1 Å². The fourth-order valence-electron chi connectivity index (χ4n) is 1.66. The Balaban J connectivity index is 2.45. The van der Waals surface area contributed by atoms with Crippen LogP contribution in [0.1, 0.15) is 12.5 Å². The number of amides is 1. The van der Waals surface area contributed by atoms with Gasteiger partial charge in [0.1, 0.15) is 12.3 Å². The van der Waals surface area contributed by atoms with Gasteiger partial charge < -0.3 is 5.11 Å². The van der Waals surface area contributed by atoms with Gasteiger partial charge in [0.25, 0.3) is 5.91 Å². The molecule has 0 bridgehead atoms. The number of benzene rings is 1. The monoisotopic (exact) mass is 256 g/mol. The summed E-state index contributed by atoms with van der Waals surface area (Å²) in [5.74, 6) is -0.756. The molecule has 0 radical (unpaired) electrons. The van der Waals surface area contributed by atoms with Gasteiger partial charge in [0.05, 0.1) is 5.69 Å². The van der Waals surface area contributed by atoms with Gasteiger partial charge >= 0.3 is 10.2 Å². The fraction of sp³-hybridized carbons (Fsp3) is 0.300. The first-order chi connectivity index (χ1) is 7.94. The van der Waals surface area contributed by atoms with Gasteiger partial charge in [-0.1, -0.05) is 13.0 Å². The van der Waals surface area contributed by atoms with Crippen molar-refractivity contribution in [1.29, 1.82) is 0 Å². The summed E-state index contributed by atoms with van der Waals surface area (Å²) in [7, 11) is -3.86. The summed E-state index contributed by atoms with van der Waals surface area (Å²) < 4.78 is 25.8. The summed E-state index contributed by atoms with van der Waals surface area (Å²) in [6.07, 6.45) is 0.734. The van der Waals surface area contributed by atoms with Crippen molar-refractivity contribution in [2.45, 2.75) is 13.3 Å². The molecular weight excluding hydrogens is 244 g/mol. The molecule has 0 aliphatic carbocycles. The van der Waals surface area contributed by atoms with Crippen molar-refractivity contribution in [3.05, 3.63) is 23.8 Å². The molecule has 0 saturated carbocycles. The van der Waals surface area contributed by atoms with Crippen LogP contribution in [-0.2, 0) is 21.4 Å². The summed E-state index contributed by atoms with van der Waals surface area (Å²) >= 11 is 0. The molecule has 1 aromatic carbocycles. The van der Waals surface area contributed by atoms with E-state index in [1.165, 1.54) is 12.1 Å². The van der Waals surface area contributed by atoms with Gasteiger partial charge in [-0.15, -0.1) is 0 Å². The average Bonchev–Trinajstić information content (AvgIpc) is 2.51. The van der Waals surface area contributed by atoms with Crippen molar-refractivity contribution in [2.24, 2.45) is 0 Å². The molecule has 92 valence electrons. The second kappa shape index (κ2) is 3.92. The predicted octanol–water partition coefficient (Wildman–Crippen LogP) is 0.136. The van der Waals surface area contributed by atoms with Gasteiger partial charge in [-0.3, -0.25) is 4.79 Å². The van der Waals surface area contributed by atoms with Crippen LogP contribution in [0.3, 0.4) is 0 Å². The zero-order valence-electron chi connectivity index (χ0n) is 9.17. The van der Waals surface area contributed by atoms with E-state index in [-0.39, 0.29) is 18.0 Å². The van der Waals surface area contributed by atoms with Crippen LogP contribution in [-0.4, -0.2) is 26.0 Å². The van der Waals surface area contributed by atoms with E-state index in [9.17, 15) is 18.3 Å². The van der Waals surface area contributed by atoms with E-state index in [1.54, 1.807) is 6.07 Å². The molecule has 1 heterocycles. The molecule has 1 fully saturated rings. The molecule has 1 saturated heterocycles. The summed E-state index contributed by atoms with van der Waals surface area (Å²) in [5.41, 5.74) is 1.00. The Morgan fingerprint density at radius 3 is 2.65 bits per heavy atom. The molecule has 0 aromatic heterocycles. The van der Waals surface area contributed by atoms with E-state index in [1.807, 2.05) is 11.6 Å². The van der Waals surface area contributed by atoms with E-state index >= 15 is 0 Å². The summed E-state index contributed by atoms with van der Waals surface area (Å²) in [6, 6.07) is 4.70. The standard InChI is InChI=1S/C10H12N2O4S/c1-2-7-3-4-8(9(13)5-7)12-6-10(14)11-17(12,15)16/h3-5,13H,2,6H2,1H3,(H,11,14). The Labute approximate surface area is 99.0 Å². The SMILES string of the molecule is CCc1ccc(N2CC(=O)NS2(=O)=O)c(O)c1. The molecule has 1 amide bonds. The third kappa shape index (κ3) is 2.05. The molecule has 1 aromatic rings. The maximum Gasteiger partial charge on any atom is 0.326 e. The molecule has 2 N–H and O–H groups in total. The Hall–Kier alpha value is -1.76. The smallest absolute Gasteiger partial charge is 0.326 e. The highest BCUT2D eigenvalue weighted by Crippen LogP contribution is 2.31. The molecule has 17 heavy (non-hydrogen) atoms. The minimum absolute atomic E-state index is 0.112. The number of rotatable bonds is 2. The first-order valence-electron chi connectivity index (χ1n) is 5.09. The maximum atomic E-state index is 11.6. The lowest BCUT2D eigenvalue weighted by atomic mass is 10.1. The molecule has 0 spiro atoms. The summed E-state index contributed by atoms with van der Waals surface area (Å²) in [4.78, 5) is 11.1. The highest BCUT2D eigenvalue weighted by molar-refractivity contribution is 7.92. The molecule has 0 unspecified atom stereocenters. The quantitative estimate of drug-likeness (QED) is 0.787. The second-order valence-corrected chi connectivity index (χ2v) is 5.31. The third-order valence-electron chi connectivity index (χ3n) is 2.54. The number of carbonyl (C=O) groups excluding carboxylic acids is 1. The van der Waals surface area contributed by atoms with Gasteiger partial charge in [0, 0.05) is 0 Å². The van der Waals surface area contributed by atoms with Gasteiger partial charge in [-0.25, -0.2) is 9.03 Å². The van der Waals surface area contributed by atoms with Crippen LogP contribution >= 0.6 is 0 Å². The predicted molar refractivity (Wildman–Crippen MR) is 61.9 cm³/mol. The third-order valence-corrected chi connectivity index (χ3v) is 3.93. The average molecular weight is 256 g/mol. The van der Waals surface area contributed by atoms with Crippen molar-refractivity contribution in [3.63, 3.8) is 0 Å². The number of anilines is 1. The number of phenols is 1. The van der Waals surface area contributed by atoms with E-state index < -0.39 is 16.1 Å². The van der Waals surface area contributed by atoms with Crippen LogP contribution in [0, 0.1) is 0 Å². The minimum atomic E-state index is -3.86. The second-order valence-electron chi connectivity index (χ2n) is 3.71. The van der Waals surface area contributed by atoms with Crippen molar-refractivity contribution in [3.8, 4) is 5.75 Å². The van der Waals surface area contributed by atoms with Crippen LogP contribution in [0.5, 0.6) is 5.75 Å². The molecule has 1 aliphatic rings. The largest absolute Gasteiger partial charge is 0.506 e. The molecular formula is C10H12N2O4S. The lowest BCUT2D eigenvalue weighted by molar-refractivity contribution is -0.117. The number of hydrogen-bond donors (Lipinski definition) is 2. The van der Waals surface area contributed by atoms with E-state index in [2.05, 4.69) is 0 Å². The Morgan fingerprint density at radius 1 is 1.47 bits per heavy atom.